The molecule has 1 rings (SSSR count). The molecule has 1 aromatic carbocycles. The van der Waals surface area contributed by atoms with Gasteiger partial charge in [0.2, 0.25) is 0 Å². The summed E-state index contributed by atoms with van der Waals surface area (Å²) in [5, 5.41) is 8.77. The molecule has 0 fully saturated rings. The fraction of sp³-hybridized carbons (Fsp3) is 0.0909. The average molecular weight is 187 g/mol. The van der Waals surface area contributed by atoms with Gasteiger partial charge >= 0.3 is 5.97 Å². The maximum atomic E-state index is 10.6. The van der Waals surface area contributed by atoms with E-state index >= 15 is 0 Å². The van der Waals surface area contributed by atoms with Crippen LogP contribution in [0.1, 0.15) is 18.1 Å². The number of carbonyl (C=O) groups is 1. The monoisotopic (exact) mass is 187 g/mol. The highest BCUT2D eigenvalue weighted by molar-refractivity contribution is 5.70. The van der Waals surface area contributed by atoms with E-state index in [1.54, 1.807) is 18.2 Å². The number of esters is 1. The van der Waals surface area contributed by atoms with E-state index in [1.807, 2.05) is 6.07 Å². The third kappa shape index (κ3) is 2.20. The van der Waals surface area contributed by atoms with Gasteiger partial charge in [0.1, 0.15) is 5.75 Å². The number of rotatable bonds is 2. The van der Waals surface area contributed by atoms with E-state index in [9.17, 15) is 4.79 Å². The second-order valence-electron chi connectivity index (χ2n) is 2.66. The van der Waals surface area contributed by atoms with Gasteiger partial charge in [-0.15, -0.1) is 0 Å². The summed E-state index contributed by atoms with van der Waals surface area (Å²) in [6, 6.07) is 6.82. The summed E-state index contributed by atoms with van der Waals surface area (Å²) in [5.74, 6) is -0.0279. The van der Waals surface area contributed by atoms with Crippen LogP contribution in [0.5, 0.6) is 5.75 Å². The molecular formula is C11H9NO2. The Labute approximate surface area is 82.2 Å². The molecule has 0 aliphatic rings. The molecule has 0 saturated heterocycles. The van der Waals surface area contributed by atoms with Gasteiger partial charge in [0, 0.05) is 6.92 Å². The first-order valence-electron chi connectivity index (χ1n) is 4.02. The van der Waals surface area contributed by atoms with Crippen LogP contribution in [0.4, 0.5) is 0 Å². The molecule has 0 spiro atoms. The molecule has 0 saturated carbocycles. The van der Waals surface area contributed by atoms with Crippen molar-refractivity contribution in [2.45, 2.75) is 6.92 Å². The minimum atomic E-state index is -0.403. The van der Waals surface area contributed by atoms with Crippen LogP contribution in [0.3, 0.4) is 0 Å². The number of carbonyl (C=O) groups excluding carboxylic acids is 1. The summed E-state index contributed by atoms with van der Waals surface area (Å²) < 4.78 is 4.83. The molecule has 0 aromatic heterocycles. The Morgan fingerprint density at radius 3 is 2.86 bits per heavy atom. The van der Waals surface area contributed by atoms with E-state index < -0.39 is 5.97 Å². The van der Waals surface area contributed by atoms with Crippen LogP contribution in [0, 0.1) is 11.3 Å². The molecule has 0 radical (unpaired) electrons. The Kier molecular flexibility index (Phi) is 3.03. The van der Waals surface area contributed by atoms with Gasteiger partial charge < -0.3 is 4.74 Å². The van der Waals surface area contributed by atoms with Gasteiger partial charge in [-0.2, -0.15) is 5.26 Å². The smallest absolute Gasteiger partial charge is 0.308 e. The summed E-state index contributed by atoms with van der Waals surface area (Å²) in [7, 11) is 0. The first kappa shape index (κ1) is 10.0. The Morgan fingerprint density at radius 2 is 2.36 bits per heavy atom. The highest BCUT2D eigenvalue weighted by Gasteiger charge is 2.02. The van der Waals surface area contributed by atoms with Crippen molar-refractivity contribution in [2.24, 2.45) is 0 Å². The first-order chi connectivity index (χ1) is 6.67. The number of benzene rings is 1. The van der Waals surface area contributed by atoms with Crippen molar-refractivity contribution in [2.75, 3.05) is 0 Å². The van der Waals surface area contributed by atoms with Crippen LogP contribution >= 0.6 is 0 Å². The van der Waals surface area contributed by atoms with E-state index in [0.717, 1.165) is 5.56 Å². The van der Waals surface area contributed by atoms with Crippen molar-refractivity contribution < 1.29 is 9.53 Å². The topological polar surface area (TPSA) is 50.1 Å². The molecule has 14 heavy (non-hydrogen) atoms. The van der Waals surface area contributed by atoms with Crippen molar-refractivity contribution in [3.05, 3.63) is 35.9 Å². The molecule has 3 nitrogen and oxygen atoms in total. The highest BCUT2D eigenvalue weighted by atomic mass is 16.5. The van der Waals surface area contributed by atoms with Gasteiger partial charge in [-0.05, 0) is 23.8 Å². The van der Waals surface area contributed by atoms with Gasteiger partial charge in [-0.1, -0.05) is 12.7 Å². The zero-order chi connectivity index (χ0) is 10.6. The summed E-state index contributed by atoms with van der Waals surface area (Å²) in [5.41, 5.74) is 1.17. The summed E-state index contributed by atoms with van der Waals surface area (Å²) in [4.78, 5) is 10.6. The van der Waals surface area contributed by atoms with Crippen LogP contribution in [0.2, 0.25) is 0 Å². The summed E-state index contributed by atoms with van der Waals surface area (Å²) >= 11 is 0. The van der Waals surface area contributed by atoms with Crippen LogP contribution in [-0.2, 0) is 4.79 Å². The predicted octanol–water partition coefficient (Wildman–Crippen LogP) is 2.13. The lowest BCUT2D eigenvalue weighted by Crippen LogP contribution is -2.01. The van der Waals surface area contributed by atoms with Crippen molar-refractivity contribution in [3.8, 4) is 11.8 Å². The maximum Gasteiger partial charge on any atom is 0.308 e. The SMILES string of the molecule is C=Cc1ccc(OC(C)=O)cc1C#N. The van der Waals surface area contributed by atoms with Gasteiger partial charge in [-0.25, -0.2) is 0 Å². The Morgan fingerprint density at radius 1 is 1.64 bits per heavy atom. The quantitative estimate of drug-likeness (QED) is 0.526. The lowest BCUT2D eigenvalue weighted by Gasteiger charge is -2.02. The van der Waals surface area contributed by atoms with E-state index in [1.165, 1.54) is 13.0 Å². The Balaban J connectivity index is 3.09. The molecule has 0 heterocycles. The van der Waals surface area contributed by atoms with Crippen LogP contribution in [0.25, 0.3) is 6.08 Å². The fourth-order valence-electron chi connectivity index (χ4n) is 1.04. The van der Waals surface area contributed by atoms with Crippen molar-refractivity contribution in [3.63, 3.8) is 0 Å². The molecule has 0 aliphatic carbocycles. The first-order valence-corrected chi connectivity index (χ1v) is 4.02. The second-order valence-corrected chi connectivity index (χ2v) is 2.66. The van der Waals surface area contributed by atoms with Crippen molar-refractivity contribution in [1.82, 2.24) is 0 Å². The normalized spacial score (nSPS) is 8.86. The van der Waals surface area contributed by atoms with E-state index in [0.29, 0.717) is 11.3 Å². The molecule has 0 amide bonds. The van der Waals surface area contributed by atoms with Gasteiger partial charge in [0.05, 0.1) is 11.6 Å². The Bertz CT molecular complexity index is 416. The zero-order valence-electron chi connectivity index (χ0n) is 7.78. The molecule has 0 aliphatic heterocycles. The van der Waals surface area contributed by atoms with E-state index in [4.69, 9.17) is 10.00 Å². The van der Waals surface area contributed by atoms with Crippen LogP contribution < -0.4 is 4.74 Å². The highest BCUT2D eigenvalue weighted by Crippen LogP contribution is 2.18. The molecule has 0 bridgehead atoms. The van der Waals surface area contributed by atoms with Gasteiger partial charge in [-0.3, -0.25) is 4.79 Å². The van der Waals surface area contributed by atoms with Crippen molar-refractivity contribution >= 4 is 12.0 Å². The minimum absolute atomic E-state index is 0.375. The van der Waals surface area contributed by atoms with Crippen LogP contribution in [0.15, 0.2) is 24.8 Å². The van der Waals surface area contributed by atoms with E-state index in [2.05, 4.69) is 6.58 Å². The van der Waals surface area contributed by atoms with Crippen molar-refractivity contribution in [1.29, 1.82) is 5.26 Å². The molecule has 3 heteroatoms. The maximum absolute atomic E-state index is 10.6. The molecule has 0 atom stereocenters. The second kappa shape index (κ2) is 4.24. The third-order valence-corrected chi connectivity index (χ3v) is 1.63. The molecular weight excluding hydrogens is 178 g/mol. The van der Waals surface area contributed by atoms with E-state index in [-0.39, 0.29) is 0 Å². The predicted molar refractivity (Wildman–Crippen MR) is 52.6 cm³/mol. The summed E-state index contributed by atoms with van der Waals surface area (Å²) in [6.45, 7) is 4.88. The average Bonchev–Trinajstić information content (AvgIpc) is 2.16. The molecule has 0 N–H and O–H groups in total. The molecule has 0 unspecified atom stereocenters. The van der Waals surface area contributed by atoms with Gasteiger partial charge in [0.15, 0.2) is 0 Å². The lowest BCUT2D eigenvalue weighted by atomic mass is 10.1. The number of hydrogen-bond donors (Lipinski definition) is 0. The molecule has 1 aromatic rings. The number of ether oxygens (including phenoxy) is 1. The lowest BCUT2D eigenvalue weighted by molar-refractivity contribution is -0.131. The van der Waals surface area contributed by atoms with Crippen LogP contribution in [-0.4, -0.2) is 5.97 Å². The zero-order valence-corrected chi connectivity index (χ0v) is 7.78. The Hall–Kier alpha value is -2.08. The minimum Gasteiger partial charge on any atom is -0.427 e. The standard InChI is InChI=1S/C11H9NO2/c1-3-9-4-5-11(14-8(2)13)6-10(9)7-12/h3-6H,1H2,2H3. The number of nitriles is 1. The fourth-order valence-corrected chi connectivity index (χ4v) is 1.04. The number of nitrogens with zero attached hydrogens (tertiary/aromatic N) is 1. The summed E-state index contributed by atoms with van der Waals surface area (Å²) in [6.07, 6.45) is 1.58. The van der Waals surface area contributed by atoms with Gasteiger partial charge in [0.25, 0.3) is 0 Å². The number of hydrogen-bond acceptors (Lipinski definition) is 3. The molecule has 70 valence electrons. The largest absolute Gasteiger partial charge is 0.427 e. The third-order valence-electron chi connectivity index (χ3n) is 1.63.